The Balaban J connectivity index is 2.79. The van der Waals surface area contributed by atoms with Gasteiger partial charge in [-0.3, -0.25) is 4.57 Å². The Morgan fingerprint density at radius 1 is 1.67 bits per heavy atom. The van der Waals surface area contributed by atoms with E-state index in [1.807, 2.05) is 0 Å². The second-order valence-corrected chi connectivity index (χ2v) is 2.35. The molecule has 1 radical (unpaired) electrons. The molecule has 0 aliphatic rings. The lowest BCUT2D eigenvalue weighted by Crippen LogP contribution is -2.18. The number of primary amides is 1. The SMILES string of the molecule is NC(=O)n1ccc2[c]ccnc21. The summed E-state index contributed by atoms with van der Waals surface area (Å²) >= 11 is 0. The smallest absolute Gasteiger partial charge is 0.324 e. The highest BCUT2D eigenvalue weighted by Gasteiger charge is 2.04. The fraction of sp³-hybridized carbons (Fsp3) is 0. The van der Waals surface area contributed by atoms with Crippen molar-refractivity contribution in [1.82, 2.24) is 9.55 Å². The Morgan fingerprint density at radius 3 is 3.25 bits per heavy atom. The Kier molecular flexibility index (Phi) is 1.33. The number of carbonyl (C=O) groups excluding carboxylic acids is 1. The lowest BCUT2D eigenvalue weighted by atomic mass is 10.3. The number of rotatable bonds is 0. The fourth-order valence-corrected chi connectivity index (χ4v) is 1.08. The number of fused-ring (bicyclic) bond motifs is 1. The molecule has 0 atom stereocenters. The topological polar surface area (TPSA) is 60.9 Å². The van der Waals surface area contributed by atoms with Gasteiger partial charge in [0.2, 0.25) is 0 Å². The highest BCUT2D eigenvalue weighted by Crippen LogP contribution is 2.10. The Morgan fingerprint density at radius 2 is 2.50 bits per heavy atom. The summed E-state index contributed by atoms with van der Waals surface area (Å²) in [4.78, 5) is 14.8. The van der Waals surface area contributed by atoms with E-state index in [0.29, 0.717) is 5.65 Å². The van der Waals surface area contributed by atoms with Gasteiger partial charge in [0.25, 0.3) is 0 Å². The van der Waals surface area contributed by atoms with Crippen molar-refractivity contribution in [1.29, 1.82) is 0 Å². The summed E-state index contributed by atoms with van der Waals surface area (Å²) in [5.41, 5.74) is 5.64. The van der Waals surface area contributed by atoms with E-state index in [1.54, 1.807) is 24.5 Å². The summed E-state index contributed by atoms with van der Waals surface area (Å²) < 4.78 is 1.28. The fourth-order valence-electron chi connectivity index (χ4n) is 1.08. The molecule has 0 aliphatic carbocycles. The van der Waals surface area contributed by atoms with Crippen LogP contribution in [-0.2, 0) is 0 Å². The van der Waals surface area contributed by atoms with E-state index in [4.69, 9.17) is 5.73 Å². The third-order valence-electron chi connectivity index (χ3n) is 1.61. The number of hydrogen-bond donors (Lipinski definition) is 1. The average molecular weight is 160 g/mol. The molecular weight excluding hydrogens is 154 g/mol. The summed E-state index contributed by atoms with van der Waals surface area (Å²) in [6.07, 6.45) is 3.15. The molecule has 2 aromatic rings. The quantitative estimate of drug-likeness (QED) is 0.618. The van der Waals surface area contributed by atoms with Crippen molar-refractivity contribution >= 4 is 17.1 Å². The molecule has 2 N–H and O–H groups in total. The number of aromatic nitrogens is 2. The predicted molar refractivity (Wildman–Crippen MR) is 43.6 cm³/mol. The second-order valence-electron chi connectivity index (χ2n) is 2.35. The molecule has 0 aromatic carbocycles. The minimum atomic E-state index is -0.530. The Bertz CT molecular complexity index is 433. The third kappa shape index (κ3) is 0.852. The normalized spacial score (nSPS) is 10.3. The van der Waals surface area contributed by atoms with E-state index >= 15 is 0 Å². The molecule has 12 heavy (non-hydrogen) atoms. The molecule has 2 aromatic heterocycles. The van der Waals surface area contributed by atoms with E-state index in [1.165, 1.54) is 4.57 Å². The van der Waals surface area contributed by atoms with Crippen molar-refractivity contribution in [2.75, 3.05) is 0 Å². The van der Waals surface area contributed by atoms with Gasteiger partial charge in [0.1, 0.15) is 5.65 Å². The number of carbonyl (C=O) groups is 1. The standard InChI is InChI=1S/C8H6N3O/c9-8(12)11-5-3-6-2-1-4-10-7(6)11/h1,3-5H,(H2,9,12). The van der Waals surface area contributed by atoms with Crippen LogP contribution in [-0.4, -0.2) is 15.6 Å². The van der Waals surface area contributed by atoms with Crippen molar-refractivity contribution in [2.24, 2.45) is 5.73 Å². The molecular formula is C8H6N3O. The van der Waals surface area contributed by atoms with Gasteiger partial charge in [0.15, 0.2) is 0 Å². The number of pyridine rings is 1. The molecule has 59 valence electrons. The molecule has 0 aliphatic heterocycles. The summed E-state index contributed by atoms with van der Waals surface area (Å²) in [7, 11) is 0. The van der Waals surface area contributed by atoms with E-state index in [-0.39, 0.29) is 0 Å². The lowest BCUT2D eigenvalue weighted by Gasteiger charge is -1.95. The maximum atomic E-state index is 10.8. The van der Waals surface area contributed by atoms with Gasteiger partial charge in [0.05, 0.1) is 0 Å². The van der Waals surface area contributed by atoms with Crippen LogP contribution >= 0.6 is 0 Å². The van der Waals surface area contributed by atoms with E-state index in [0.717, 1.165) is 5.39 Å². The van der Waals surface area contributed by atoms with Crippen LogP contribution in [0.2, 0.25) is 0 Å². The number of nitrogens with zero attached hydrogens (tertiary/aromatic N) is 2. The highest BCUT2D eigenvalue weighted by molar-refractivity contribution is 5.87. The number of hydrogen-bond acceptors (Lipinski definition) is 2. The average Bonchev–Trinajstić information content (AvgIpc) is 2.47. The van der Waals surface area contributed by atoms with Crippen molar-refractivity contribution in [3.05, 3.63) is 30.6 Å². The van der Waals surface area contributed by atoms with Crippen molar-refractivity contribution in [3.63, 3.8) is 0 Å². The van der Waals surface area contributed by atoms with Gasteiger partial charge in [0, 0.05) is 17.8 Å². The molecule has 4 nitrogen and oxygen atoms in total. The predicted octanol–water partition coefficient (Wildman–Crippen LogP) is 0.763. The van der Waals surface area contributed by atoms with Gasteiger partial charge in [-0.05, 0) is 18.2 Å². The van der Waals surface area contributed by atoms with Gasteiger partial charge in [-0.25, -0.2) is 9.78 Å². The highest BCUT2D eigenvalue weighted by atomic mass is 16.2. The zero-order chi connectivity index (χ0) is 8.55. The van der Waals surface area contributed by atoms with Crippen LogP contribution < -0.4 is 5.73 Å². The molecule has 0 bridgehead atoms. The monoisotopic (exact) mass is 160 g/mol. The minimum Gasteiger partial charge on any atom is -0.351 e. The third-order valence-corrected chi connectivity index (χ3v) is 1.61. The summed E-state index contributed by atoms with van der Waals surface area (Å²) in [6.45, 7) is 0. The molecule has 4 heteroatoms. The Hall–Kier alpha value is -1.84. The summed E-state index contributed by atoms with van der Waals surface area (Å²) in [5.74, 6) is 0. The zero-order valence-electron chi connectivity index (χ0n) is 6.19. The molecule has 0 saturated heterocycles. The zero-order valence-corrected chi connectivity index (χ0v) is 6.19. The van der Waals surface area contributed by atoms with Crippen LogP contribution in [0.1, 0.15) is 0 Å². The summed E-state index contributed by atoms with van der Waals surface area (Å²) in [6, 6.07) is 5.84. The molecule has 0 unspecified atom stereocenters. The first-order chi connectivity index (χ1) is 5.79. The molecule has 0 saturated carbocycles. The number of nitrogens with two attached hydrogens (primary N) is 1. The molecule has 2 heterocycles. The van der Waals surface area contributed by atoms with Gasteiger partial charge in [-0.15, -0.1) is 0 Å². The molecule has 2 rings (SSSR count). The Labute approximate surface area is 68.6 Å². The van der Waals surface area contributed by atoms with E-state index < -0.39 is 6.03 Å². The van der Waals surface area contributed by atoms with Crippen LogP contribution in [0.15, 0.2) is 24.5 Å². The number of amides is 1. The summed E-state index contributed by atoms with van der Waals surface area (Å²) in [5, 5.41) is 0.788. The maximum Gasteiger partial charge on any atom is 0.324 e. The van der Waals surface area contributed by atoms with Crippen LogP contribution in [0, 0.1) is 6.07 Å². The van der Waals surface area contributed by atoms with Gasteiger partial charge >= 0.3 is 6.03 Å². The molecule has 0 spiro atoms. The van der Waals surface area contributed by atoms with Crippen LogP contribution in [0.5, 0.6) is 0 Å². The first kappa shape index (κ1) is 6.84. The first-order valence-corrected chi connectivity index (χ1v) is 3.42. The first-order valence-electron chi connectivity index (χ1n) is 3.42. The van der Waals surface area contributed by atoms with E-state index in [9.17, 15) is 4.79 Å². The van der Waals surface area contributed by atoms with Crippen LogP contribution in [0.3, 0.4) is 0 Å². The van der Waals surface area contributed by atoms with Crippen LogP contribution in [0.25, 0.3) is 11.0 Å². The van der Waals surface area contributed by atoms with Gasteiger partial charge in [-0.2, -0.15) is 0 Å². The second kappa shape index (κ2) is 2.34. The minimum absolute atomic E-state index is 0.530. The van der Waals surface area contributed by atoms with Gasteiger partial charge < -0.3 is 5.73 Å². The molecule has 1 amide bonds. The van der Waals surface area contributed by atoms with Gasteiger partial charge in [-0.1, -0.05) is 0 Å². The van der Waals surface area contributed by atoms with Crippen molar-refractivity contribution in [2.45, 2.75) is 0 Å². The maximum absolute atomic E-state index is 10.8. The van der Waals surface area contributed by atoms with Crippen LogP contribution in [0.4, 0.5) is 4.79 Å². The van der Waals surface area contributed by atoms with E-state index in [2.05, 4.69) is 11.1 Å². The lowest BCUT2D eigenvalue weighted by molar-refractivity contribution is 0.251. The van der Waals surface area contributed by atoms with Crippen molar-refractivity contribution in [3.8, 4) is 0 Å². The molecule has 0 fully saturated rings. The van der Waals surface area contributed by atoms with Crippen molar-refractivity contribution < 1.29 is 4.79 Å². The largest absolute Gasteiger partial charge is 0.351 e.